The van der Waals surface area contributed by atoms with Crippen molar-refractivity contribution < 1.29 is 0 Å². The van der Waals surface area contributed by atoms with Crippen LogP contribution in [0.2, 0.25) is 0 Å². The molecule has 3 aromatic carbocycles. The van der Waals surface area contributed by atoms with Gasteiger partial charge in [0.25, 0.3) is 0 Å². The van der Waals surface area contributed by atoms with Gasteiger partial charge in [-0.1, -0.05) is 49.4 Å². The van der Waals surface area contributed by atoms with Crippen LogP contribution >= 0.6 is 0 Å². The van der Waals surface area contributed by atoms with E-state index in [1.807, 2.05) is 18.2 Å². The van der Waals surface area contributed by atoms with Crippen molar-refractivity contribution in [1.29, 1.82) is 0 Å². The van der Waals surface area contributed by atoms with Gasteiger partial charge in [-0.05, 0) is 47.9 Å². The highest BCUT2D eigenvalue weighted by molar-refractivity contribution is 5.81. The molecular weight excluding hydrogens is 306 g/mol. The van der Waals surface area contributed by atoms with E-state index >= 15 is 0 Å². The van der Waals surface area contributed by atoms with Crippen LogP contribution in [0.25, 0.3) is 27.8 Å². The quantitative estimate of drug-likeness (QED) is 0.522. The third-order valence-corrected chi connectivity index (χ3v) is 4.45. The van der Waals surface area contributed by atoms with Crippen molar-refractivity contribution in [1.82, 2.24) is 9.55 Å². The number of hydrogen-bond acceptors (Lipinski definition) is 2. The zero-order valence-electron chi connectivity index (χ0n) is 14.3. The fourth-order valence-corrected chi connectivity index (χ4v) is 3.26. The number of fused-ring (bicyclic) bond motifs is 1. The standard InChI is InChI=1S/C22H21N3/c1-2-6-22-24-20-15-18(23)11-14-21(20)25(22)19-12-9-17(10-13-19)16-7-4-3-5-8-16/h3-5,7-15H,2,6,23H2,1H3. The Hall–Kier alpha value is -3.07. The van der Waals surface area contributed by atoms with Gasteiger partial charge >= 0.3 is 0 Å². The number of hydrogen-bond donors (Lipinski definition) is 1. The fourth-order valence-electron chi connectivity index (χ4n) is 3.26. The Morgan fingerprint density at radius 3 is 2.32 bits per heavy atom. The first-order valence-electron chi connectivity index (χ1n) is 8.69. The summed E-state index contributed by atoms with van der Waals surface area (Å²) in [5, 5.41) is 0. The summed E-state index contributed by atoms with van der Waals surface area (Å²) in [6, 6.07) is 25.1. The molecule has 4 rings (SSSR count). The predicted octanol–water partition coefficient (Wildman–Crippen LogP) is 5.23. The maximum Gasteiger partial charge on any atom is 0.114 e. The van der Waals surface area contributed by atoms with Crippen molar-refractivity contribution in [2.45, 2.75) is 19.8 Å². The van der Waals surface area contributed by atoms with Gasteiger partial charge in [-0.3, -0.25) is 4.57 Å². The molecule has 3 heteroatoms. The zero-order valence-corrected chi connectivity index (χ0v) is 14.3. The smallest absolute Gasteiger partial charge is 0.114 e. The van der Waals surface area contributed by atoms with Crippen molar-refractivity contribution in [3.63, 3.8) is 0 Å². The Balaban J connectivity index is 1.82. The summed E-state index contributed by atoms with van der Waals surface area (Å²) < 4.78 is 2.24. The van der Waals surface area contributed by atoms with Crippen molar-refractivity contribution >= 4 is 16.7 Å². The second-order valence-corrected chi connectivity index (χ2v) is 6.27. The summed E-state index contributed by atoms with van der Waals surface area (Å²) in [6.07, 6.45) is 2.00. The molecule has 0 fully saturated rings. The second-order valence-electron chi connectivity index (χ2n) is 6.27. The molecule has 0 bridgehead atoms. The average Bonchev–Trinajstić information content (AvgIpc) is 3.00. The normalized spacial score (nSPS) is 11.1. The van der Waals surface area contributed by atoms with E-state index in [1.54, 1.807) is 0 Å². The highest BCUT2D eigenvalue weighted by Gasteiger charge is 2.12. The third kappa shape index (κ3) is 2.89. The Bertz CT molecular complexity index is 999. The van der Waals surface area contributed by atoms with Crippen molar-refractivity contribution in [2.75, 3.05) is 5.73 Å². The number of aromatic nitrogens is 2. The van der Waals surface area contributed by atoms with Crippen LogP contribution in [-0.4, -0.2) is 9.55 Å². The average molecular weight is 327 g/mol. The monoisotopic (exact) mass is 327 g/mol. The molecule has 2 N–H and O–H groups in total. The molecule has 0 amide bonds. The van der Waals surface area contributed by atoms with Gasteiger partial charge in [0, 0.05) is 17.8 Å². The highest BCUT2D eigenvalue weighted by atomic mass is 15.1. The number of nitrogens with two attached hydrogens (primary N) is 1. The molecular formula is C22H21N3. The van der Waals surface area contributed by atoms with E-state index in [1.165, 1.54) is 11.1 Å². The molecule has 0 unspecified atom stereocenters. The van der Waals surface area contributed by atoms with E-state index in [4.69, 9.17) is 10.7 Å². The topological polar surface area (TPSA) is 43.8 Å². The first-order chi connectivity index (χ1) is 12.3. The highest BCUT2D eigenvalue weighted by Crippen LogP contribution is 2.26. The molecule has 0 saturated carbocycles. The van der Waals surface area contributed by atoms with Crippen molar-refractivity contribution in [2.24, 2.45) is 0 Å². The molecule has 3 nitrogen and oxygen atoms in total. The Kier molecular flexibility index (Phi) is 3.98. The molecule has 124 valence electrons. The van der Waals surface area contributed by atoms with Crippen LogP contribution in [0.1, 0.15) is 19.2 Å². The maximum atomic E-state index is 5.93. The predicted molar refractivity (Wildman–Crippen MR) is 105 cm³/mol. The van der Waals surface area contributed by atoms with Gasteiger partial charge in [0.05, 0.1) is 11.0 Å². The Labute approximate surface area is 147 Å². The summed E-state index contributed by atoms with van der Waals surface area (Å²) >= 11 is 0. The van der Waals surface area contributed by atoms with E-state index in [-0.39, 0.29) is 0 Å². The lowest BCUT2D eigenvalue weighted by Gasteiger charge is -2.10. The molecule has 4 aromatic rings. The lowest BCUT2D eigenvalue weighted by Crippen LogP contribution is -2.01. The summed E-state index contributed by atoms with van der Waals surface area (Å²) in [4.78, 5) is 4.80. The minimum Gasteiger partial charge on any atom is -0.399 e. The van der Waals surface area contributed by atoms with Crippen LogP contribution in [0.15, 0.2) is 72.8 Å². The summed E-state index contributed by atoms with van der Waals surface area (Å²) in [5.41, 5.74) is 12.3. The van der Waals surface area contributed by atoms with Gasteiger partial charge in [-0.25, -0.2) is 4.98 Å². The number of benzene rings is 3. The van der Waals surface area contributed by atoms with Gasteiger partial charge in [-0.2, -0.15) is 0 Å². The number of aryl methyl sites for hydroxylation is 1. The Morgan fingerprint density at radius 1 is 0.880 bits per heavy atom. The molecule has 0 saturated heterocycles. The van der Waals surface area contributed by atoms with Gasteiger partial charge in [0.15, 0.2) is 0 Å². The van der Waals surface area contributed by atoms with Crippen LogP contribution < -0.4 is 5.73 Å². The molecule has 1 aromatic heterocycles. The number of nitrogen functional groups attached to an aromatic ring is 1. The number of anilines is 1. The minimum atomic E-state index is 0.750. The lowest BCUT2D eigenvalue weighted by atomic mass is 10.1. The van der Waals surface area contributed by atoms with Crippen LogP contribution in [0.4, 0.5) is 5.69 Å². The molecule has 1 heterocycles. The van der Waals surface area contributed by atoms with Gasteiger partial charge in [0.2, 0.25) is 0 Å². The van der Waals surface area contributed by atoms with Gasteiger partial charge in [-0.15, -0.1) is 0 Å². The van der Waals surface area contributed by atoms with Crippen LogP contribution in [0, 0.1) is 0 Å². The molecule has 0 aliphatic rings. The van der Waals surface area contributed by atoms with E-state index in [0.29, 0.717) is 0 Å². The summed E-state index contributed by atoms with van der Waals surface area (Å²) in [7, 11) is 0. The number of rotatable bonds is 4. The largest absolute Gasteiger partial charge is 0.399 e. The van der Waals surface area contributed by atoms with E-state index in [2.05, 4.69) is 66.1 Å². The van der Waals surface area contributed by atoms with Crippen LogP contribution in [-0.2, 0) is 6.42 Å². The van der Waals surface area contributed by atoms with Crippen LogP contribution in [0.5, 0.6) is 0 Å². The van der Waals surface area contributed by atoms with E-state index < -0.39 is 0 Å². The molecule has 0 aliphatic carbocycles. The zero-order chi connectivity index (χ0) is 17.2. The van der Waals surface area contributed by atoms with Crippen molar-refractivity contribution in [3.8, 4) is 16.8 Å². The molecule has 25 heavy (non-hydrogen) atoms. The maximum absolute atomic E-state index is 5.93. The second kappa shape index (κ2) is 6.44. The summed E-state index contributed by atoms with van der Waals surface area (Å²) in [6.45, 7) is 2.18. The minimum absolute atomic E-state index is 0.750. The third-order valence-electron chi connectivity index (χ3n) is 4.45. The number of imidazole rings is 1. The first kappa shape index (κ1) is 15.5. The van der Waals surface area contributed by atoms with E-state index in [9.17, 15) is 0 Å². The summed E-state index contributed by atoms with van der Waals surface area (Å²) in [5.74, 6) is 1.08. The first-order valence-corrected chi connectivity index (χ1v) is 8.69. The van der Waals surface area contributed by atoms with Crippen molar-refractivity contribution in [3.05, 3.63) is 78.6 Å². The Morgan fingerprint density at radius 2 is 1.60 bits per heavy atom. The lowest BCUT2D eigenvalue weighted by molar-refractivity contribution is 0.818. The van der Waals surface area contributed by atoms with E-state index in [0.717, 1.165) is 41.1 Å². The fraction of sp³-hybridized carbons (Fsp3) is 0.136. The molecule has 0 radical (unpaired) electrons. The SMILES string of the molecule is CCCc1nc2cc(N)ccc2n1-c1ccc(-c2ccccc2)cc1. The molecule has 0 spiro atoms. The molecule has 0 aliphatic heterocycles. The molecule has 0 atom stereocenters. The van der Waals surface area contributed by atoms with Gasteiger partial charge < -0.3 is 5.73 Å². The van der Waals surface area contributed by atoms with Gasteiger partial charge in [0.1, 0.15) is 5.82 Å². The van der Waals surface area contributed by atoms with Crippen LogP contribution in [0.3, 0.4) is 0 Å². The number of nitrogens with zero attached hydrogens (tertiary/aromatic N) is 2.